The second-order valence-corrected chi connectivity index (χ2v) is 8.26. The molecule has 0 spiro atoms. The van der Waals surface area contributed by atoms with E-state index in [9.17, 15) is 19.5 Å². The summed E-state index contributed by atoms with van der Waals surface area (Å²) >= 11 is 0. The van der Waals surface area contributed by atoms with E-state index in [1.165, 1.54) is 10.8 Å². The van der Waals surface area contributed by atoms with Gasteiger partial charge in [0.1, 0.15) is 18.8 Å². The van der Waals surface area contributed by atoms with Crippen molar-refractivity contribution in [2.75, 3.05) is 6.61 Å². The van der Waals surface area contributed by atoms with Crippen LogP contribution < -0.4 is 10.3 Å². The Morgan fingerprint density at radius 2 is 1.69 bits per heavy atom. The number of nitrogens with zero attached hydrogens (tertiary/aromatic N) is 2. The molecule has 2 aliphatic rings. The summed E-state index contributed by atoms with van der Waals surface area (Å²) in [6.45, 7) is 1.24. The van der Waals surface area contributed by atoms with Gasteiger partial charge in [0.05, 0.1) is 11.1 Å². The third kappa shape index (κ3) is 4.41. The van der Waals surface area contributed by atoms with Crippen LogP contribution in [-0.2, 0) is 14.2 Å². The minimum atomic E-state index is -1.26. The van der Waals surface area contributed by atoms with Gasteiger partial charge in [0.2, 0.25) is 0 Å². The van der Waals surface area contributed by atoms with Gasteiger partial charge < -0.3 is 24.1 Å². The number of carbonyl (C=O) groups excluding carboxylic acids is 2. The first kappa shape index (κ1) is 22.8. The number of carbonyl (C=O) groups is 2. The molecule has 180 valence electrons. The topological polar surface area (TPSA) is 126 Å². The number of aliphatic hydroxyl groups is 1. The lowest BCUT2D eigenvalue weighted by atomic mass is 10.1. The normalized spacial score (nSPS) is 23.0. The molecule has 35 heavy (non-hydrogen) atoms. The minimum Gasteiger partial charge on any atom is -0.458 e. The van der Waals surface area contributed by atoms with E-state index in [-0.39, 0.29) is 12.6 Å². The quantitative estimate of drug-likeness (QED) is 0.526. The Hall–Kier alpha value is -4.02. The Balaban J connectivity index is 1.38. The van der Waals surface area contributed by atoms with Crippen molar-refractivity contribution in [2.24, 2.45) is 0 Å². The molecule has 0 amide bonds. The lowest BCUT2D eigenvalue weighted by Crippen LogP contribution is -2.45. The second kappa shape index (κ2) is 9.32. The zero-order chi connectivity index (χ0) is 24.5. The first-order valence-corrected chi connectivity index (χ1v) is 11.0. The fraction of sp³-hybridized carbons (Fsp3) is 0.280. The molecule has 10 nitrogen and oxygen atoms in total. The van der Waals surface area contributed by atoms with Crippen LogP contribution in [0.1, 0.15) is 32.5 Å². The fourth-order valence-corrected chi connectivity index (χ4v) is 4.07. The van der Waals surface area contributed by atoms with Gasteiger partial charge in [0.25, 0.3) is 5.56 Å². The largest absolute Gasteiger partial charge is 0.458 e. The highest BCUT2D eigenvalue weighted by atomic mass is 16.6. The van der Waals surface area contributed by atoms with Crippen LogP contribution in [-0.4, -0.2) is 57.6 Å². The number of benzene rings is 2. The summed E-state index contributed by atoms with van der Waals surface area (Å²) in [5, 5.41) is 11.0. The van der Waals surface area contributed by atoms with Crippen LogP contribution in [0.2, 0.25) is 0 Å². The molecule has 0 radical (unpaired) electrons. The van der Waals surface area contributed by atoms with Gasteiger partial charge in [0, 0.05) is 11.8 Å². The predicted octanol–water partition coefficient (Wildman–Crippen LogP) is 1.65. The number of aliphatic hydroxyl groups excluding tert-OH is 1. The SMILES string of the molecule is Cc1cn2c(nc1=O)O[C@H]1[C@H](O)[C@@H]([C@@H](COC(=O)c3ccccc3)OC(=O)c3ccccc3)O[C@H]12. The van der Waals surface area contributed by atoms with Crippen molar-refractivity contribution in [2.45, 2.75) is 37.6 Å². The van der Waals surface area contributed by atoms with Crippen LogP contribution in [0.25, 0.3) is 0 Å². The maximum Gasteiger partial charge on any atom is 0.338 e. The maximum absolute atomic E-state index is 12.8. The molecule has 2 aliphatic heterocycles. The van der Waals surface area contributed by atoms with Gasteiger partial charge >= 0.3 is 17.9 Å². The molecule has 3 heterocycles. The molecule has 1 N–H and O–H groups in total. The van der Waals surface area contributed by atoms with Gasteiger partial charge in [0.15, 0.2) is 18.4 Å². The molecule has 5 atom stereocenters. The number of rotatable bonds is 6. The van der Waals surface area contributed by atoms with Crippen molar-refractivity contribution in [1.82, 2.24) is 9.55 Å². The number of aryl methyl sites for hydroxylation is 1. The minimum absolute atomic E-state index is 0.0291. The van der Waals surface area contributed by atoms with Crippen molar-refractivity contribution in [1.29, 1.82) is 0 Å². The van der Waals surface area contributed by atoms with Crippen molar-refractivity contribution >= 4 is 11.9 Å². The summed E-state index contributed by atoms with van der Waals surface area (Å²) in [7, 11) is 0. The molecule has 0 bridgehead atoms. The highest BCUT2D eigenvalue weighted by Crippen LogP contribution is 2.40. The van der Waals surface area contributed by atoms with Crippen LogP contribution in [0.4, 0.5) is 0 Å². The average Bonchev–Trinajstić information content (AvgIpc) is 3.38. The average molecular weight is 478 g/mol. The van der Waals surface area contributed by atoms with Crippen LogP contribution >= 0.6 is 0 Å². The van der Waals surface area contributed by atoms with E-state index < -0.39 is 48.1 Å². The number of aromatic nitrogens is 2. The Morgan fingerprint density at radius 1 is 1.06 bits per heavy atom. The molecule has 0 saturated carbocycles. The lowest BCUT2D eigenvalue weighted by molar-refractivity contribution is -0.104. The van der Waals surface area contributed by atoms with Crippen molar-refractivity contribution in [3.8, 4) is 6.01 Å². The smallest absolute Gasteiger partial charge is 0.338 e. The molecule has 5 rings (SSSR count). The molecule has 0 aliphatic carbocycles. The standard InChI is InChI=1S/C25H22N2O8/c1-14-12-27-22-20(35-25(27)26-21(14)29)18(28)19(34-22)17(33-24(31)16-10-6-3-7-11-16)13-32-23(30)15-8-4-2-5-9-15/h2-12,17-20,22,28H,13H2,1H3/t17-,18-,19-,20+,22-/m1/s1. The van der Waals surface area contributed by atoms with Gasteiger partial charge in [-0.25, -0.2) is 9.59 Å². The van der Waals surface area contributed by atoms with E-state index in [0.717, 1.165) is 0 Å². The number of fused-ring (bicyclic) bond motifs is 3. The highest BCUT2D eigenvalue weighted by Gasteiger charge is 2.54. The molecule has 2 aromatic carbocycles. The van der Waals surface area contributed by atoms with Crippen LogP contribution in [0.15, 0.2) is 71.7 Å². The maximum atomic E-state index is 12.8. The molecule has 10 heteroatoms. The third-order valence-corrected chi connectivity index (χ3v) is 5.88. The summed E-state index contributed by atoms with van der Waals surface area (Å²) in [6.07, 6.45) is -3.65. The first-order chi connectivity index (χ1) is 16.9. The van der Waals surface area contributed by atoms with E-state index in [4.69, 9.17) is 18.9 Å². The van der Waals surface area contributed by atoms with Crippen LogP contribution in [0, 0.1) is 6.92 Å². The zero-order valence-electron chi connectivity index (χ0n) is 18.6. The third-order valence-electron chi connectivity index (χ3n) is 5.88. The number of hydrogen-bond donors (Lipinski definition) is 1. The number of esters is 2. The summed E-state index contributed by atoms with van der Waals surface area (Å²) < 4.78 is 24.3. The molecule has 0 unspecified atom stereocenters. The Kier molecular flexibility index (Phi) is 6.06. The van der Waals surface area contributed by atoms with Crippen LogP contribution in [0.5, 0.6) is 6.01 Å². The molecular weight excluding hydrogens is 456 g/mol. The predicted molar refractivity (Wildman–Crippen MR) is 120 cm³/mol. The van der Waals surface area contributed by atoms with Gasteiger partial charge in [-0.1, -0.05) is 36.4 Å². The zero-order valence-corrected chi connectivity index (χ0v) is 18.6. The van der Waals surface area contributed by atoms with Gasteiger partial charge in [-0.2, -0.15) is 4.98 Å². The van der Waals surface area contributed by atoms with E-state index in [0.29, 0.717) is 16.7 Å². The Labute approximate surface area is 199 Å². The molecular formula is C25H22N2O8. The van der Waals surface area contributed by atoms with Crippen molar-refractivity contribution in [3.05, 3.63) is 93.9 Å². The van der Waals surface area contributed by atoms with Crippen molar-refractivity contribution in [3.63, 3.8) is 0 Å². The van der Waals surface area contributed by atoms with Crippen molar-refractivity contribution < 1.29 is 33.6 Å². The molecule has 1 saturated heterocycles. The lowest BCUT2D eigenvalue weighted by Gasteiger charge is -2.26. The summed E-state index contributed by atoms with van der Waals surface area (Å²) in [6, 6.07) is 16.7. The Morgan fingerprint density at radius 3 is 2.34 bits per heavy atom. The van der Waals surface area contributed by atoms with Gasteiger partial charge in [-0.15, -0.1) is 0 Å². The molecule has 1 aromatic heterocycles. The fourth-order valence-electron chi connectivity index (χ4n) is 4.07. The number of ether oxygens (including phenoxy) is 4. The van der Waals surface area contributed by atoms with E-state index in [1.54, 1.807) is 67.6 Å². The summed E-state index contributed by atoms with van der Waals surface area (Å²) in [4.78, 5) is 41.0. The van der Waals surface area contributed by atoms with Crippen LogP contribution in [0.3, 0.4) is 0 Å². The monoisotopic (exact) mass is 478 g/mol. The molecule has 1 fully saturated rings. The van der Waals surface area contributed by atoms with E-state index in [1.807, 2.05) is 0 Å². The highest BCUT2D eigenvalue weighted by molar-refractivity contribution is 5.90. The number of hydrogen-bond acceptors (Lipinski definition) is 9. The Bertz CT molecular complexity index is 1290. The van der Waals surface area contributed by atoms with Gasteiger partial charge in [-0.3, -0.25) is 9.36 Å². The van der Waals surface area contributed by atoms with E-state index >= 15 is 0 Å². The first-order valence-electron chi connectivity index (χ1n) is 11.0. The molecule has 3 aromatic rings. The van der Waals surface area contributed by atoms with Gasteiger partial charge in [-0.05, 0) is 31.2 Å². The summed E-state index contributed by atoms with van der Waals surface area (Å²) in [5.74, 6) is -1.28. The second-order valence-electron chi connectivity index (χ2n) is 8.26. The summed E-state index contributed by atoms with van der Waals surface area (Å²) in [5.41, 5.74) is 0.555. The van der Waals surface area contributed by atoms with E-state index in [2.05, 4.69) is 4.98 Å².